The maximum atomic E-state index is 5.77. The molecule has 0 nitrogen and oxygen atoms in total. The van der Waals surface area contributed by atoms with Gasteiger partial charge in [0, 0.05) is 0 Å². The molecule has 0 aromatic heterocycles. The Labute approximate surface area is 57.9 Å². The van der Waals surface area contributed by atoms with Crippen molar-refractivity contribution in [3.8, 4) is 0 Å². The molecule has 0 bridgehead atoms. The lowest BCUT2D eigenvalue weighted by atomic mass is 10.3. The van der Waals surface area contributed by atoms with E-state index in [1.54, 1.807) is 0 Å². The summed E-state index contributed by atoms with van der Waals surface area (Å²) in [5.74, 6) is 0. The molecule has 0 aromatic carbocycles. The third kappa shape index (κ3) is 6.25. The third-order valence-corrected chi connectivity index (χ3v) is 2.10. The fraction of sp³-hybridized carbons (Fsp3) is 0.667. The van der Waals surface area contributed by atoms with Gasteiger partial charge in [0.15, 0.2) is 8.11 Å². The molecule has 0 aliphatic carbocycles. The van der Waals surface area contributed by atoms with Crippen molar-refractivity contribution < 1.29 is 0 Å². The van der Waals surface area contributed by atoms with Gasteiger partial charge in [-0.3, -0.25) is 0 Å². The molecule has 0 saturated carbocycles. The summed E-state index contributed by atoms with van der Waals surface area (Å²) in [6.45, 7) is 4.28. The van der Waals surface area contributed by atoms with E-state index in [0.29, 0.717) is 0 Å². The SMILES string of the molecule is CCCC=C[SiH](C)Cl. The Morgan fingerprint density at radius 1 is 1.62 bits per heavy atom. The molecule has 8 heavy (non-hydrogen) atoms. The molecule has 0 fully saturated rings. The van der Waals surface area contributed by atoms with Crippen LogP contribution >= 0.6 is 11.1 Å². The van der Waals surface area contributed by atoms with E-state index < -0.39 is 8.11 Å². The van der Waals surface area contributed by atoms with Crippen LogP contribution in [-0.4, -0.2) is 8.11 Å². The van der Waals surface area contributed by atoms with E-state index in [1.807, 2.05) is 0 Å². The van der Waals surface area contributed by atoms with Gasteiger partial charge < -0.3 is 0 Å². The first-order valence-electron chi connectivity index (χ1n) is 3.08. The maximum Gasteiger partial charge on any atom is 0.160 e. The van der Waals surface area contributed by atoms with Crippen molar-refractivity contribution in [1.29, 1.82) is 0 Å². The lowest BCUT2D eigenvalue weighted by Crippen LogP contribution is -1.87. The Balaban J connectivity index is 3.07. The first-order chi connectivity index (χ1) is 3.77. The van der Waals surface area contributed by atoms with Crippen LogP contribution in [0.3, 0.4) is 0 Å². The highest BCUT2D eigenvalue weighted by molar-refractivity contribution is 7.09. The summed E-state index contributed by atoms with van der Waals surface area (Å²) in [7, 11) is -0.910. The first kappa shape index (κ1) is 8.25. The lowest BCUT2D eigenvalue weighted by molar-refractivity contribution is 0.960. The topological polar surface area (TPSA) is 0 Å². The van der Waals surface area contributed by atoms with E-state index in [9.17, 15) is 0 Å². The fourth-order valence-electron chi connectivity index (χ4n) is 0.450. The molecule has 2 heteroatoms. The molecule has 0 spiro atoms. The van der Waals surface area contributed by atoms with Crippen molar-refractivity contribution in [1.82, 2.24) is 0 Å². The number of allylic oxidation sites excluding steroid dienone is 1. The summed E-state index contributed by atoms with van der Waals surface area (Å²) in [4.78, 5) is 0. The molecule has 0 heterocycles. The minimum Gasteiger partial charge on any atom is -0.166 e. The standard InChI is InChI=1S/C6H13ClSi/c1-3-4-5-6-8(2)7/h5-6,8H,3-4H2,1-2H3. The summed E-state index contributed by atoms with van der Waals surface area (Å²) in [5.41, 5.74) is 2.16. The van der Waals surface area contributed by atoms with Crippen LogP contribution in [0.15, 0.2) is 11.8 Å². The quantitative estimate of drug-likeness (QED) is 0.426. The first-order valence-corrected chi connectivity index (χ1v) is 6.64. The van der Waals surface area contributed by atoms with Crippen LogP contribution in [0.5, 0.6) is 0 Å². The average molecular weight is 149 g/mol. The molecule has 1 atom stereocenters. The maximum absolute atomic E-state index is 5.77. The fourth-order valence-corrected chi connectivity index (χ4v) is 1.33. The van der Waals surface area contributed by atoms with Crippen molar-refractivity contribution in [3.05, 3.63) is 11.8 Å². The van der Waals surface area contributed by atoms with Crippen molar-refractivity contribution in [2.24, 2.45) is 0 Å². The Kier molecular flexibility index (Phi) is 5.55. The van der Waals surface area contributed by atoms with Gasteiger partial charge in [0.05, 0.1) is 0 Å². The minimum absolute atomic E-state index is 0.910. The molecule has 1 unspecified atom stereocenters. The van der Waals surface area contributed by atoms with Crippen LogP contribution < -0.4 is 0 Å². The third-order valence-electron chi connectivity index (χ3n) is 0.857. The zero-order chi connectivity index (χ0) is 6.41. The Bertz CT molecular complexity index is 68.9. The van der Waals surface area contributed by atoms with E-state index >= 15 is 0 Å². The Hall–Kier alpha value is 0.247. The molecular weight excluding hydrogens is 136 g/mol. The molecule has 0 rings (SSSR count). The van der Waals surface area contributed by atoms with E-state index in [0.717, 1.165) is 0 Å². The molecule has 0 radical (unpaired) electrons. The number of rotatable bonds is 3. The summed E-state index contributed by atoms with van der Waals surface area (Å²) in [6.07, 6.45) is 4.60. The smallest absolute Gasteiger partial charge is 0.160 e. The van der Waals surface area contributed by atoms with E-state index in [1.165, 1.54) is 12.8 Å². The van der Waals surface area contributed by atoms with Crippen LogP contribution in [0.1, 0.15) is 19.8 Å². The summed E-state index contributed by atoms with van der Waals surface area (Å²) < 4.78 is 0. The Morgan fingerprint density at radius 2 is 2.25 bits per heavy atom. The van der Waals surface area contributed by atoms with E-state index in [2.05, 4.69) is 25.2 Å². The van der Waals surface area contributed by atoms with Crippen molar-refractivity contribution in [2.75, 3.05) is 0 Å². The molecule has 0 aliphatic heterocycles. The van der Waals surface area contributed by atoms with Crippen molar-refractivity contribution >= 4 is 19.2 Å². The largest absolute Gasteiger partial charge is 0.166 e. The van der Waals surface area contributed by atoms with Gasteiger partial charge in [0.2, 0.25) is 0 Å². The molecule has 48 valence electrons. The Morgan fingerprint density at radius 3 is 2.62 bits per heavy atom. The summed E-state index contributed by atoms with van der Waals surface area (Å²) in [5, 5.41) is 0. The zero-order valence-electron chi connectivity index (χ0n) is 5.52. The van der Waals surface area contributed by atoms with Gasteiger partial charge in [-0.15, -0.1) is 0 Å². The highest BCUT2D eigenvalue weighted by atomic mass is 35.6. The summed E-state index contributed by atoms with van der Waals surface area (Å²) in [6, 6.07) is 0. The predicted molar refractivity (Wildman–Crippen MR) is 42.9 cm³/mol. The molecule has 0 aliphatic rings. The number of hydrogen-bond donors (Lipinski definition) is 0. The van der Waals surface area contributed by atoms with Gasteiger partial charge in [-0.1, -0.05) is 31.7 Å². The van der Waals surface area contributed by atoms with E-state index in [4.69, 9.17) is 11.1 Å². The van der Waals surface area contributed by atoms with E-state index in [-0.39, 0.29) is 0 Å². The molecule has 0 aromatic rings. The van der Waals surface area contributed by atoms with Crippen LogP contribution in [0.4, 0.5) is 0 Å². The van der Waals surface area contributed by atoms with Gasteiger partial charge in [-0.25, -0.2) is 0 Å². The van der Waals surface area contributed by atoms with Crippen LogP contribution in [0, 0.1) is 0 Å². The number of halogens is 1. The zero-order valence-corrected chi connectivity index (χ0v) is 7.43. The van der Waals surface area contributed by atoms with Gasteiger partial charge >= 0.3 is 0 Å². The van der Waals surface area contributed by atoms with Crippen LogP contribution in [0.2, 0.25) is 6.55 Å². The molecule has 0 N–H and O–H groups in total. The average Bonchev–Trinajstić information content (AvgIpc) is 1.66. The van der Waals surface area contributed by atoms with Gasteiger partial charge in [0.1, 0.15) is 0 Å². The van der Waals surface area contributed by atoms with Gasteiger partial charge in [-0.2, -0.15) is 11.1 Å². The molecule has 0 amide bonds. The van der Waals surface area contributed by atoms with Gasteiger partial charge in [-0.05, 0) is 6.42 Å². The lowest BCUT2D eigenvalue weighted by Gasteiger charge is -1.86. The highest BCUT2D eigenvalue weighted by Gasteiger charge is 1.86. The monoisotopic (exact) mass is 148 g/mol. The van der Waals surface area contributed by atoms with Crippen molar-refractivity contribution in [3.63, 3.8) is 0 Å². The van der Waals surface area contributed by atoms with Gasteiger partial charge in [0.25, 0.3) is 0 Å². The second-order valence-corrected chi connectivity index (χ2v) is 5.70. The predicted octanol–water partition coefficient (Wildman–Crippen LogP) is 2.47. The molecule has 0 saturated heterocycles. The second kappa shape index (κ2) is 5.38. The molecular formula is C6H13ClSi. The summed E-state index contributed by atoms with van der Waals surface area (Å²) >= 11 is 5.77. The van der Waals surface area contributed by atoms with Crippen molar-refractivity contribution in [2.45, 2.75) is 26.3 Å². The normalized spacial score (nSPS) is 14.9. The second-order valence-electron chi connectivity index (χ2n) is 1.89. The number of hydrogen-bond acceptors (Lipinski definition) is 0. The highest BCUT2D eigenvalue weighted by Crippen LogP contribution is 1.93. The van der Waals surface area contributed by atoms with Crippen LogP contribution in [-0.2, 0) is 0 Å². The number of unbranched alkanes of at least 4 members (excludes halogenated alkanes) is 1. The van der Waals surface area contributed by atoms with Crippen LogP contribution in [0.25, 0.3) is 0 Å². The minimum atomic E-state index is -0.910.